The summed E-state index contributed by atoms with van der Waals surface area (Å²) in [5, 5.41) is 10.1. The summed E-state index contributed by atoms with van der Waals surface area (Å²) in [7, 11) is -3.93. The summed E-state index contributed by atoms with van der Waals surface area (Å²) < 4.78 is 37.6. The zero-order valence-corrected chi connectivity index (χ0v) is 19.3. The summed E-state index contributed by atoms with van der Waals surface area (Å²) in [6, 6.07) is 16.1. The van der Waals surface area contributed by atoms with E-state index in [0.29, 0.717) is 11.3 Å². The molecule has 2 aromatic carbocycles. The third-order valence-corrected chi connectivity index (χ3v) is 7.47. The van der Waals surface area contributed by atoms with Gasteiger partial charge in [0, 0.05) is 0 Å². The van der Waals surface area contributed by atoms with Gasteiger partial charge in [-0.15, -0.1) is 0 Å². The Morgan fingerprint density at radius 3 is 2.48 bits per heavy atom. The first-order chi connectivity index (χ1) is 13.9. The van der Waals surface area contributed by atoms with Crippen LogP contribution in [0.2, 0.25) is 0 Å². The number of aliphatic hydroxyl groups is 1. The molecule has 29 heavy (non-hydrogen) atoms. The zero-order valence-electron chi connectivity index (χ0n) is 16.8. The van der Waals surface area contributed by atoms with Crippen LogP contribution in [0.15, 0.2) is 70.2 Å². The number of unbranched alkanes of at least 4 members (excludes halogenated alkanes) is 1. The molecule has 158 valence electrons. The Bertz CT molecular complexity index is 864. The molecule has 0 heterocycles. The third kappa shape index (κ3) is 8.72. The summed E-state index contributed by atoms with van der Waals surface area (Å²) in [5.74, 6) is 0. The second kappa shape index (κ2) is 12.2. The molecule has 5 nitrogen and oxygen atoms in total. The van der Waals surface area contributed by atoms with Gasteiger partial charge in [0.2, 0.25) is 0 Å². The minimum absolute atomic E-state index is 0.112. The van der Waals surface area contributed by atoms with Crippen molar-refractivity contribution in [1.29, 1.82) is 0 Å². The minimum atomic E-state index is -3.93. The predicted octanol–water partition coefficient (Wildman–Crippen LogP) is 3.14. The van der Waals surface area contributed by atoms with E-state index in [-0.39, 0.29) is 32.9 Å². The Morgan fingerprint density at radius 2 is 1.83 bits per heavy atom. The predicted molar refractivity (Wildman–Crippen MR) is 116 cm³/mol. The van der Waals surface area contributed by atoms with E-state index in [0.717, 1.165) is 22.9 Å². The maximum absolute atomic E-state index is 12.7. The summed E-state index contributed by atoms with van der Waals surface area (Å²) >= 11 is -0.345. The number of hydrogen-bond acceptors (Lipinski definition) is 5. The second-order valence-corrected chi connectivity index (χ2v) is 10.4. The molecule has 0 saturated carbocycles. The van der Waals surface area contributed by atoms with Crippen molar-refractivity contribution in [2.24, 2.45) is 0 Å². The molecule has 0 aromatic heterocycles. The quantitative estimate of drug-likeness (QED) is 0.217. The first-order valence-electron chi connectivity index (χ1n) is 9.60. The van der Waals surface area contributed by atoms with Gasteiger partial charge < -0.3 is 0 Å². The molecular formula is C22H28O5SSe. The molecule has 0 saturated heterocycles. The Morgan fingerprint density at radius 1 is 1.14 bits per heavy atom. The van der Waals surface area contributed by atoms with Crippen LogP contribution in [0.25, 0.3) is 0 Å². The molecule has 1 unspecified atom stereocenters. The summed E-state index contributed by atoms with van der Waals surface area (Å²) in [6.45, 7) is 4.79. The molecule has 0 spiro atoms. The average molecular weight is 483 g/mol. The molecule has 0 aliphatic rings. The summed E-state index contributed by atoms with van der Waals surface area (Å²) in [5.41, 5.74) is 0.972. The van der Waals surface area contributed by atoms with Crippen molar-refractivity contribution in [3.05, 3.63) is 70.9 Å². The van der Waals surface area contributed by atoms with Gasteiger partial charge in [0.15, 0.2) is 0 Å². The standard InChI is InChI=1S/C22H28O5SSe/c1-3-4-16-26-17-19(23)12-15-22(29-21-8-6-5-7-9-21)27-28(24,25)20-13-10-18(2)11-14-20/h5-11,13-15,19,23H,3-4,12,16-17H2,1-2H3/b22-15-. The monoisotopic (exact) mass is 484 g/mol. The topological polar surface area (TPSA) is 72.8 Å². The van der Waals surface area contributed by atoms with Crippen LogP contribution in [-0.4, -0.2) is 47.8 Å². The van der Waals surface area contributed by atoms with Gasteiger partial charge in [0.25, 0.3) is 0 Å². The number of ether oxygens (including phenoxy) is 1. The van der Waals surface area contributed by atoms with Crippen molar-refractivity contribution in [2.45, 2.75) is 44.1 Å². The fourth-order valence-electron chi connectivity index (χ4n) is 2.32. The molecule has 0 amide bonds. The number of aliphatic hydroxyl groups excluding tert-OH is 1. The van der Waals surface area contributed by atoms with Crippen LogP contribution in [0.5, 0.6) is 0 Å². The van der Waals surface area contributed by atoms with Crippen molar-refractivity contribution >= 4 is 29.5 Å². The fourth-order valence-corrected chi connectivity index (χ4v) is 5.47. The first-order valence-corrected chi connectivity index (χ1v) is 12.7. The van der Waals surface area contributed by atoms with Crippen LogP contribution < -0.4 is 4.46 Å². The molecule has 0 aliphatic heterocycles. The second-order valence-electron chi connectivity index (χ2n) is 6.61. The summed E-state index contributed by atoms with van der Waals surface area (Å²) in [6.07, 6.45) is 3.19. The van der Waals surface area contributed by atoms with Gasteiger partial charge in [-0.3, -0.25) is 0 Å². The van der Waals surface area contributed by atoms with Gasteiger partial charge >= 0.3 is 180 Å². The molecule has 0 radical (unpaired) electrons. The van der Waals surface area contributed by atoms with Gasteiger partial charge in [-0.1, -0.05) is 0 Å². The Labute approximate surface area is 180 Å². The van der Waals surface area contributed by atoms with Crippen LogP contribution >= 0.6 is 0 Å². The van der Waals surface area contributed by atoms with E-state index in [4.69, 9.17) is 8.92 Å². The van der Waals surface area contributed by atoms with Crippen molar-refractivity contribution < 1.29 is 22.4 Å². The van der Waals surface area contributed by atoms with E-state index in [1.165, 1.54) is 12.1 Å². The molecule has 0 bridgehead atoms. The normalized spacial score (nSPS) is 13.3. The van der Waals surface area contributed by atoms with E-state index in [9.17, 15) is 13.5 Å². The van der Waals surface area contributed by atoms with Gasteiger partial charge in [0.1, 0.15) is 0 Å². The fraction of sp³-hybridized carbons (Fsp3) is 0.364. The van der Waals surface area contributed by atoms with Crippen LogP contribution in [0, 0.1) is 6.92 Å². The molecule has 2 aromatic rings. The van der Waals surface area contributed by atoms with Crippen molar-refractivity contribution in [1.82, 2.24) is 0 Å². The van der Waals surface area contributed by atoms with Crippen LogP contribution in [0.3, 0.4) is 0 Å². The number of benzene rings is 2. The number of hydrogen-bond donors (Lipinski definition) is 1. The molecule has 0 aliphatic carbocycles. The van der Waals surface area contributed by atoms with Crippen LogP contribution in [-0.2, 0) is 19.0 Å². The Balaban J connectivity index is 2.10. The Hall–Kier alpha value is -1.63. The van der Waals surface area contributed by atoms with Gasteiger partial charge in [0.05, 0.1) is 0 Å². The van der Waals surface area contributed by atoms with Gasteiger partial charge in [-0.05, 0) is 0 Å². The van der Waals surface area contributed by atoms with E-state index in [1.54, 1.807) is 18.2 Å². The maximum atomic E-state index is 12.7. The van der Waals surface area contributed by atoms with E-state index < -0.39 is 16.2 Å². The molecule has 2 rings (SSSR count). The summed E-state index contributed by atoms with van der Waals surface area (Å²) in [4.78, 5) is 0.112. The first kappa shape index (κ1) is 23.6. The van der Waals surface area contributed by atoms with E-state index >= 15 is 0 Å². The average Bonchev–Trinajstić information content (AvgIpc) is 2.70. The van der Waals surface area contributed by atoms with Crippen molar-refractivity contribution in [3.8, 4) is 0 Å². The third-order valence-electron chi connectivity index (χ3n) is 3.97. The molecule has 0 fully saturated rings. The molecule has 7 heteroatoms. The van der Waals surface area contributed by atoms with Gasteiger partial charge in [-0.25, -0.2) is 0 Å². The SMILES string of the molecule is CCCCOCC(O)C/C=C(/OS(=O)(=O)c1ccc(C)cc1)[Se]c1ccccc1. The zero-order chi connectivity index (χ0) is 21.1. The van der Waals surface area contributed by atoms with Crippen LogP contribution in [0.4, 0.5) is 0 Å². The van der Waals surface area contributed by atoms with Crippen LogP contribution in [0.1, 0.15) is 31.7 Å². The van der Waals surface area contributed by atoms with Crippen molar-refractivity contribution in [2.75, 3.05) is 13.2 Å². The molecule has 1 atom stereocenters. The molecule has 1 N–H and O–H groups in total. The van der Waals surface area contributed by atoms with E-state index in [1.807, 2.05) is 37.3 Å². The number of aryl methyl sites for hydroxylation is 1. The molecular weight excluding hydrogens is 455 g/mol. The van der Waals surface area contributed by atoms with Crippen molar-refractivity contribution in [3.63, 3.8) is 0 Å². The Kier molecular flexibility index (Phi) is 9.91. The van der Waals surface area contributed by atoms with Gasteiger partial charge in [-0.2, -0.15) is 0 Å². The number of rotatable bonds is 12. The van der Waals surface area contributed by atoms with E-state index in [2.05, 4.69) is 6.92 Å².